The highest BCUT2D eigenvalue weighted by molar-refractivity contribution is 7.99. The van der Waals surface area contributed by atoms with Crippen LogP contribution in [0.4, 0.5) is 0 Å². The number of benzene rings is 1. The molecule has 0 saturated carbocycles. The monoisotopic (exact) mass is 299 g/mol. The SMILES string of the molecule is O=C(CSCc1ccc(Cl)cc1)NC[C@@H]1CCCO1. The smallest absolute Gasteiger partial charge is 0.230 e. The molecule has 1 fully saturated rings. The van der Waals surface area contributed by atoms with Gasteiger partial charge in [0, 0.05) is 23.9 Å². The molecule has 3 nitrogen and oxygen atoms in total. The normalized spacial score (nSPS) is 18.5. The van der Waals surface area contributed by atoms with Gasteiger partial charge in [0.05, 0.1) is 11.9 Å². The summed E-state index contributed by atoms with van der Waals surface area (Å²) in [5.74, 6) is 1.38. The van der Waals surface area contributed by atoms with Crippen molar-refractivity contribution in [1.29, 1.82) is 0 Å². The molecule has 1 aromatic carbocycles. The lowest BCUT2D eigenvalue weighted by Gasteiger charge is -2.10. The van der Waals surface area contributed by atoms with Crippen molar-refractivity contribution in [1.82, 2.24) is 5.32 Å². The van der Waals surface area contributed by atoms with Crippen molar-refractivity contribution in [2.45, 2.75) is 24.7 Å². The van der Waals surface area contributed by atoms with E-state index in [2.05, 4.69) is 5.32 Å². The number of hydrogen-bond acceptors (Lipinski definition) is 3. The molecule has 1 N–H and O–H groups in total. The number of hydrogen-bond donors (Lipinski definition) is 1. The summed E-state index contributed by atoms with van der Waals surface area (Å²) in [6.45, 7) is 1.46. The molecule has 19 heavy (non-hydrogen) atoms. The molecule has 2 rings (SSSR count). The number of thioether (sulfide) groups is 1. The minimum atomic E-state index is 0.0782. The standard InChI is InChI=1S/C14H18ClNO2S/c15-12-5-3-11(4-6-12)9-19-10-14(17)16-8-13-2-1-7-18-13/h3-6,13H,1-2,7-10H2,(H,16,17)/t13-/m0/s1. The van der Waals surface area contributed by atoms with Gasteiger partial charge >= 0.3 is 0 Å². The maximum Gasteiger partial charge on any atom is 0.230 e. The van der Waals surface area contributed by atoms with Gasteiger partial charge < -0.3 is 10.1 Å². The Morgan fingerprint density at radius 3 is 2.89 bits per heavy atom. The topological polar surface area (TPSA) is 38.3 Å². The maximum atomic E-state index is 11.6. The zero-order valence-electron chi connectivity index (χ0n) is 10.7. The predicted molar refractivity (Wildman–Crippen MR) is 79.6 cm³/mol. The highest BCUT2D eigenvalue weighted by atomic mass is 35.5. The van der Waals surface area contributed by atoms with Crippen LogP contribution < -0.4 is 5.32 Å². The van der Waals surface area contributed by atoms with Crippen molar-refractivity contribution in [3.63, 3.8) is 0 Å². The lowest BCUT2D eigenvalue weighted by molar-refractivity contribution is -0.119. The number of carbonyl (C=O) groups is 1. The van der Waals surface area contributed by atoms with Gasteiger partial charge in [0.1, 0.15) is 0 Å². The van der Waals surface area contributed by atoms with Crippen molar-refractivity contribution in [3.8, 4) is 0 Å². The summed E-state index contributed by atoms with van der Waals surface area (Å²) >= 11 is 7.42. The summed E-state index contributed by atoms with van der Waals surface area (Å²) in [6.07, 6.45) is 2.37. The molecule has 1 aliphatic heterocycles. The van der Waals surface area contributed by atoms with Gasteiger partial charge in [-0.15, -0.1) is 11.8 Å². The maximum absolute atomic E-state index is 11.6. The van der Waals surface area contributed by atoms with Crippen molar-refractivity contribution in [2.24, 2.45) is 0 Å². The minimum Gasteiger partial charge on any atom is -0.376 e. The van der Waals surface area contributed by atoms with Crippen LogP contribution in [-0.4, -0.2) is 30.9 Å². The van der Waals surface area contributed by atoms with Gasteiger partial charge in [0.2, 0.25) is 5.91 Å². The van der Waals surface area contributed by atoms with E-state index in [9.17, 15) is 4.79 Å². The summed E-state index contributed by atoms with van der Waals surface area (Å²) in [5, 5.41) is 3.65. The van der Waals surface area contributed by atoms with E-state index in [1.807, 2.05) is 24.3 Å². The molecule has 0 aromatic heterocycles. The van der Waals surface area contributed by atoms with E-state index in [0.717, 1.165) is 30.2 Å². The highest BCUT2D eigenvalue weighted by Gasteiger charge is 2.15. The number of nitrogens with one attached hydrogen (secondary N) is 1. The Bertz CT molecular complexity index is 404. The molecule has 1 aliphatic rings. The van der Waals surface area contributed by atoms with Crippen LogP contribution in [0.5, 0.6) is 0 Å². The zero-order chi connectivity index (χ0) is 13.5. The lowest BCUT2D eigenvalue weighted by atomic mass is 10.2. The van der Waals surface area contributed by atoms with Crippen LogP contribution in [0.2, 0.25) is 5.02 Å². The largest absolute Gasteiger partial charge is 0.376 e. The molecule has 0 aliphatic carbocycles. The number of ether oxygens (including phenoxy) is 1. The molecule has 0 unspecified atom stereocenters. The van der Waals surface area contributed by atoms with Crippen LogP contribution >= 0.6 is 23.4 Å². The fourth-order valence-electron chi connectivity index (χ4n) is 1.93. The fraction of sp³-hybridized carbons (Fsp3) is 0.500. The van der Waals surface area contributed by atoms with E-state index in [-0.39, 0.29) is 12.0 Å². The first-order valence-electron chi connectivity index (χ1n) is 6.44. The average molecular weight is 300 g/mol. The van der Waals surface area contributed by atoms with Crippen molar-refractivity contribution in [2.75, 3.05) is 18.9 Å². The van der Waals surface area contributed by atoms with Crippen LogP contribution in [0.15, 0.2) is 24.3 Å². The summed E-state index contributed by atoms with van der Waals surface area (Å²) in [7, 11) is 0. The summed E-state index contributed by atoms with van der Waals surface area (Å²) in [4.78, 5) is 11.6. The summed E-state index contributed by atoms with van der Waals surface area (Å²) in [5.41, 5.74) is 1.18. The van der Waals surface area contributed by atoms with E-state index in [1.54, 1.807) is 11.8 Å². The third-order valence-electron chi connectivity index (χ3n) is 2.97. The molecule has 1 aromatic rings. The van der Waals surface area contributed by atoms with Crippen LogP contribution in [-0.2, 0) is 15.3 Å². The average Bonchev–Trinajstić information content (AvgIpc) is 2.92. The number of halogens is 1. The first-order valence-corrected chi connectivity index (χ1v) is 7.98. The third-order valence-corrected chi connectivity index (χ3v) is 4.22. The van der Waals surface area contributed by atoms with Crippen molar-refractivity contribution < 1.29 is 9.53 Å². The van der Waals surface area contributed by atoms with E-state index >= 15 is 0 Å². The Kier molecular flexibility index (Phi) is 6.01. The molecule has 1 amide bonds. The lowest BCUT2D eigenvalue weighted by Crippen LogP contribution is -2.32. The molecule has 0 bridgehead atoms. The summed E-state index contributed by atoms with van der Waals surface area (Å²) < 4.78 is 5.45. The second kappa shape index (κ2) is 7.78. The molecule has 5 heteroatoms. The number of amides is 1. The van der Waals surface area contributed by atoms with Crippen molar-refractivity contribution in [3.05, 3.63) is 34.9 Å². The molecular formula is C14H18ClNO2S. The zero-order valence-corrected chi connectivity index (χ0v) is 12.3. The summed E-state index contributed by atoms with van der Waals surface area (Å²) in [6, 6.07) is 7.71. The molecule has 0 radical (unpaired) electrons. The van der Waals surface area contributed by atoms with E-state index in [1.165, 1.54) is 5.56 Å². The molecular weight excluding hydrogens is 282 g/mol. The first-order chi connectivity index (χ1) is 9.24. The Hall–Kier alpha value is -0.710. The van der Waals surface area contributed by atoms with E-state index in [0.29, 0.717) is 12.3 Å². The Morgan fingerprint density at radius 1 is 1.42 bits per heavy atom. The molecule has 104 valence electrons. The van der Waals surface area contributed by atoms with E-state index < -0.39 is 0 Å². The van der Waals surface area contributed by atoms with Gasteiger partial charge in [0.15, 0.2) is 0 Å². The second-order valence-corrected chi connectivity index (χ2v) is 5.98. The van der Waals surface area contributed by atoms with Gasteiger partial charge in [0.25, 0.3) is 0 Å². The van der Waals surface area contributed by atoms with Gasteiger partial charge in [-0.1, -0.05) is 23.7 Å². The van der Waals surface area contributed by atoms with Crippen LogP contribution in [0.3, 0.4) is 0 Å². The van der Waals surface area contributed by atoms with Crippen LogP contribution in [0, 0.1) is 0 Å². The first kappa shape index (κ1) is 14.7. The van der Waals surface area contributed by atoms with E-state index in [4.69, 9.17) is 16.3 Å². The Labute approximate surface area is 123 Å². The quantitative estimate of drug-likeness (QED) is 0.878. The molecule has 0 spiro atoms. The minimum absolute atomic E-state index is 0.0782. The van der Waals surface area contributed by atoms with Crippen LogP contribution in [0.1, 0.15) is 18.4 Å². The molecule has 1 heterocycles. The number of carbonyl (C=O) groups excluding carboxylic acids is 1. The Morgan fingerprint density at radius 2 is 2.21 bits per heavy atom. The van der Waals surface area contributed by atoms with Gasteiger partial charge in [-0.05, 0) is 30.5 Å². The fourth-order valence-corrected chi connectivity index (χ4v) is 2.87. The third kappa shape index (κ3) is 5.43. The highest BCUT2D eigenvalue weighted by Crippen LogP contribution is 2.15. The Balaban J connectivity index is 1.59. The molecule has 1 saturated heterocycles. The predicted octanol–water partition coefficient (Wildman–Crippen LogP) is 2.87. The van der Waals surface area contributed by atoms with Gasteiger partial charge in [-0.25, -0.2) is 0 Å². The molecule has 1 atom stereocenters. The number of rotatable bonds is 6. The van der Waals surface area contributed by atoms with Gasteiger partial charge in [-0.3, -0.25) is 4.79 Å². The van der Waals surface area contributed by atoms with Crippen molar-refractivity contribution >= 4 is 29.3 Å². The second-order valence-electron chi connectivity index (χ2n) is 4.56. The van der Waals surface area contributed by atoms with Gasteiger partial charge in [-0.2, -0.15) is 0 Å². The van der Waals surface area contributed by atoms with Crippen LogP contribution in [0.25, 0.3) is 0 Å².